The SMILES string of the molecule is CCC(/C=C/CBr)(CC)O[Si](C)(C)C. The Morgan fingerprint density at radius 2 is 1.71 bits per heavy atom. The van der Waals surface area contributed by atoms with Gasteiger partial charge in [0.05, 0.1) is 5.60 Å². The fourth-order valence-electron chi connectivity index (χ4n) is 1.53. The summed E-state index contributed by atoms with van der Waals surface area (Å²) < 4.78 is 6.26. The van der Waals surface area contributed by atoms with E-state index in [0.29, 0.717) is 0 Å². The summed E-state index contributed by atoms with van der Waals surface area (Å²) in [7, 11) is -1.45. The maximum absolute atomic E-state index is 6.26. The van der Waals surface area contributed by atoms with Crippen LogP contribution in [0.1, 0.15) is 26.7 Å². The lowest BCUT2D eigenvalue weighted by Gasteiger charge is -2.35. The van der Waals surface area contributed by atoms with Crippen LogP contribution in [0.4, 0.5) is 0 Å². The minimum atomic E-state index is -1.45. The molecule has 3 heteroatoms. The lowest BCUT2D eigenvalue weighted by molar-refractivity contribution is 0.103. The second-order valence-corrected chi connectivity index (χ2v) is 9.62. The Balaban J connectivity index is 4.61. The quantitative estimate of drug-likeness (QED) is 0.399. The molecule has 14 heavy (non-hydrogen) atoms. The summed E-state index contributed by atoms with van der Waals surface area (Å²) in [6, 6.07) is 0. The van der Waals surface area contributed by atoms with Gasteiger partial charge in [0.15, 0.2) is 8.32 Å². The largest absolute Gasteiger partial charge is 0.409 e. The summed E-state index contributed by atoms with van der Waals surface area (Å²) in [5.41, 5.74) is -0.0295. The third-order valence-electron chi connectivity index (χ3n) is 2.22. The van der Waals surface area contributed by atoms with Gasteiger partial charge in [-0.15, -0.1) is 0 Å². The van der Waals surface area contributed by atoms with Crippen LogP contribution in [0.25, 0.3) is 0 Å². The van der Waals surface area contributed by atoms with Gasteiger partial charge in [0.1, 0.15) is 0 Å². The topological polar surface area (TPSA) is 9.23 Å². The molecular weight excluding hydrogens is 256 g/mol. The standard InChI is InChI=1S/C11H23BrOSi/c1-6-11(7-2,9-8-10-12)13-14(3,4)5/h8-9H,6-7,10H2,1-5H3/b9-8+. The summed E-state index contributed by atoms with van der Waals surface area (Å²) in [5, 5.41) is 0.907. The van der Waals surface area contributed by atoms with E-state index in [9.17, 15) is 0 Å². The van der Waals surface area contributed by atoms with Gasteiger partial charge in [0.25, 0.3) is 0 Å². The van der Waals surface area contributed by atoms with Crippen LogP contribution in [-0.2, 0) is 4.43 Å². The molecule has 1 nitrogen and oxygen atoms in total. The highest BCUT2D eigenvalue weighted by Crippen LogP contribution is 2.26. The molecule has 0 aliphatic rings. The molecule has 0 aromatic rings. The first kappa shape index (κ1) is 14.4. The van der Waals surface area contributed by atoms with Gasteiger partial charge in [-0.3, -0.25) is 0 Å². The highest BCUT2D eigenvalue weighted by Gasteiger charge is 2.30. The Morgan fingerprint density at radius 1 is 1.21 bits per heavy atom. The fraction of sp³-hybridized carbons (Fsp3) is 0.818. The molecule has 0 aromatic heterocycles. The molecular formula is C11H23BrOSi. The zero-order valence-electron chi connectivity index (χ0n) is 10.1. The summed E-state index contributed by atoms with van der Waals surface area (Å²) in [6.45, 7) is 11.1. The molecule has 0 bridgehead atoms. The lowest BCUT2D eigenvalue weighted by atomic mass is 9.97. The van der Waals surface area contributed by atoms with Gasteiger partial charge in [0.2, 0.25) is 0 Å². The molecule has 0 aromatic carbocycles. The molecule has 0 atom stereocenters. The average molecular weight is 279 g/mol. The molecule has 0 saturated carbocycles. The third kappa shape index (κ3) is 5.32. The predicted molar refractivity (Wildman–Crippen MR) is 70.7 cm³/mol. The number of rotatable bonds is 6. The monoisotopic (exact) mass is 278 g/mol. The Labute approximate surface area is 98.2 Å². The van der Waals surface area contributed by atoms with Gasteiger partial charge in [-0.25, -0.2) is 0 Å². The van der Waals surface area contributed by atoms with Crippen molar-refractivity contribution in [1.82, 2.24) is 0 Å². The van der Waals surface area contributed by atoms with Crippen LogP contribution in [-0.4, -0.2) is 19.2 Å². The van der Waals surface area contributed by atoms with Gasteiger partial charge in [-0.2, -0.15) is 0 Å². The van der Waals surface area contributed by atoms with Crippen LogP contribution in [0.3, 0.4) is 0 Å². The number of hydrogen-bond acceptors (Lipinski definition) is 1. The second-order valence-electron chi connectivity index (χ2n) is 4.54. The number of allylic oxidation sites excluding steroid dienone is 1. The Hall–Kier alpha value is 0.397. The van der Waals surface area contributed by atoms with Gasteiger partial charge in [0, 0.05) is 5.33 Å². The summed E-state index contributed by atoms with van der Waals surface area (Å²) >= 11 is 3.41. The van der Waals surface area contributed by atoms with Crippen molar-refractivity contribution in [2.45, 2.75) is 51.9 Å². The highest BCUT2D eigenvalue weighted by molar-refractivity contribution is 9.09. The van der Waals surface area contributed by atoms with E-state index in [1.165, 1.54) is 0 Å². The first-order valence-electron chi connectivity index (χ1n) is 5.33. The van der Waals surface area contributed by atoms with E-state index >= 15 is 0 Å². The predicted octanol–water partition coefficient (Wildman–Crippen LogP) is 4.35. The average Bonchev–Trinajstić information content (AvgIpc) is 2.10. The van der Waals surface area contributed by atoms with Crippen LogP contribution in [0.5, 0.6) is 0 Å². The highest BCUT2D eigenvalue weighted by atomic mass is 79.9. The van der Waals surface area contributed by atoms with Crippen molar-refractivity contribution in [2.75, 3.05) is 5.33 Å². The molecule has 0 N–H and O–H groups in total. The van der Waals surface area contributed by atoms with Gasteiger partial charge >= 0.3 is 0 Å². The zero-order valence-corrected chi connectivity index (χ0v) is 12.6. The first-order valence-corrected chi connectivity index (χ1v) is 9.86. The van der Waals surface area contributed by atoms with Gasteiger partial charge in [-0.1, -0.05) is 41.9 Å². The molecule has 0 saturated heterocycles. The number of halogens is 1. The Kier molecular flexibility index (Phi) is 6.26. The summed E-state index contributed by atoms with van der Waals surface area (Å²) in [6.07, 6.45) is 6.47. The van der Waals surface area contributed by atoms with Crippen molar-refractivity contribution in [3.8, 4) is 0 Å². The van der Waals surface area contributed by atoms with Crippen molar-refractivity contribution >= 4 is 24.2 Å². The van der Waals surface area contributed by atoms with E-state index in [1.54, 1.807) is 0 Å². The minimum Gasteiger partial charge on any atom is -0.409 e. The summed E-state index contributed by atoms with van der Waals surface area (Å²) in [5.74, 6) is 0. The number of alkyl halides is 1. The molecule has 0 heterocycles. The van der Waals surface area contributed by atoms with E-state index in [0.717, 1.165) is 18.2 Å². The van der Waals surface area contributed by atoms with Gasteiger partial charge < -0.3 is 4.43 Å². The number of hydrogen-bond donors (Lipinski definition) is 0. The molecule has 0 fully saturated rings. The first-order chi connectivity index (χ1) is 6.39. The van der Waals surface area contributed by atoms with Crippen molar-refractivity contribution < 1.29 is 4.43 Å². The molecule has 0 radical (unpaired) electrons. The molecule has 84 valence electrons. The normalized spacial score (nSPS) is 13.9. The van der Waals surface area contributed by atoms with E-state index in [2.05, 4.69) is 61.6 Å². The van der Waals surface area contributed by atoms with Gasteiger partial charge in [-0.05, 0) is 32.5 Å². The van der Waals surface area contributed by atoms with E-state index < -0.39 is 8.32 Å². The van der Waals surface area contributed by atoms with Crippen LogP contribution < -0.4 is 0 Å². The smallest absolute Gasteiger partial charge is 0.184 e. The van der Waals surface area contributed by atoms with Crippen LogP contribution in [0, 0.1) is 0 Å². The Morgan fingerprint density at radius 3 is 2.00 bits per heavy atom. The maximum Gasteiger partial charge on any atom is 0.184 e. The van der Waals surface area contributed by atoms with Crippen molar-refractivity contribution in [3.63, 3.8) is 0 Å². The molecule has 0 unspecified atom stereocenters. The molecule has 0 aliphatic carbocycles. The van der Waals surface area contributed by atoms with Crippen LogP contribution in [0.15, 0.2) is 12.2 Å². The Bertz CT molecular complexity index is 180. The van der Waals surface area contributed by atoms with Crippen molar-refractivity contribution in [2.24, 2.45) is 0 Å². The van der Waals surface area contributed by atoms with Crippen molar-refractivity contribution in [3.05, 3.63) is 12.2 Å². The molecule has 0 aliphatic heterocycles. The minimum absolute atomic E-state index is 0.0295. The molecule has 0 amide bonds. The van der Waals surface area contributed by atoms with Crippen LogP contribution >= 0.6 is 15.9 Å². The fourth-order valence-corrected chi connectivity index (χ4v) is 3.30. The maximum atomic E-state index is 6.26. The second kappa shape index (κ2) is 6.08. The lowest BCUT2D eigenvalue weighted by Crippen LogP contribution is -2.40. The van der Waals surface area contributed by atoms with Crippen molar-refractivity contribution in [1.29, 1.82) is 0 Å². The molecule has 0 spiro atoms. The third-order valence-corrected chi connectivity index (χ3v) is 3.61. The van der Waals surface area contributed by atoms with E-state index in [1.807, 2.05) is 0 Å². The summed E-state index contributed by atoms with van der Waals surface area (Å²) in [4.78, 5) is 0. The van der Waals surface area contributed by atoms with Crippen LogP contribution in [0.2, 0.25) is 19.6 Å². The van der Waals surface area contributed by atoms with E-state index in [-0.39, 0.29) is 5.60 Å². The molecule has 0 rings (SSSR count). The van der Waals surface area contributed by atoms with E-state index in [4.69, 9.17) is 4.43 Å². The zero-order chi connectivity index (χ0) is 11.2.